The van der Waals surface area contributed by atoms with Crippen molar-refractivity contribution in [2.24, 2.45) is 11.8 Å². The molecule has 4 rings (SSSR count). The lowest BCUT2D eigenvalue weighted by molar-refractivity contribution is -0.135. The van der Waals surface area contributed by atoms with Crippen LogP contribution in [0.3, 0.4) is 0 Å². The zero-order chi connectivity index (χ0) is 33.4. The quantitative estimate of drug-likeness (QED) is 0.330. The van der Waals surface area contributed by atoms with E-state index in [2.05, 4.69) is 20.6 Å². The Bertz CT molecular complexity index is 1340. The molecule has 3 amide bonds. The Morgan fingerprint density at radius 3 is 2.24 bits per heavy atom. The summed E-state index contributed by atoms with van der Waals surface area (Å²) < 4.78 is 7.18. The maximum absolute atomic E-state index is 13.7. The monoisotopic (exact) mass is 636 g/mol. The fraction of sp³-hybridized carbons (Fsp3) is 0.629. The summed E-state index contributed by atoms with van der Waals surface area (Å²) >= 11 is 0. The zero-order valence-corrected chi connectivity index (χ0v) is 28.4. The topological polar surface area (TPSA) is 126 Å². The molecular formula is C35H52N6O5. The molecule has 252 valence electrons. The fourth-order valence-electron chi connectivity index (χ4n) is 6.49. The molecule has 0 radical (unpaired) electrons. The molecule has 11 nitrogen and oxygen atoms in total. The van der Waals surface area contributed by atoms with Crippen molar-refractivity contribution in [3.8, 4) is 0 Å². The van der Waals surface area contributed by atoms with Gasteiger partial charge in [-0.3, -0.25) is 19.1 Å². The van der Waals surface area contributed by atoms with E-state index in [0.717, 1.165) is 50.8 Å². The van der Waals surface area contributed by atoms with Gasteiger partial charge in [-0.25, -0.2) is 4.79 Å². The van der Waals surface area contributed by atoms with Crippen LogP contribution in [0.4, 0.5) is 10.5 Å². The maximum Gasteiger partial charge on any atom is 0.408 e. The molecule has 3 atom stereocenters. The van der Waals surface area contributed by atoms with E-state index >= 15 is 0 Å². The maximum atomic E-state index is 13.7. The van der Waals surface area contributed by atoms with Crippen LogP contribution in [0.1, 0.15) is 95.1 Å². The first kappa shape index (κ1) is 35.1. The molecule has 1 saturated heterocycles. The van der Waals surface area contributed by atoms with Crippen molar-refractivity contribution in [2.45, 2.75) is 97.2 Å². The first-order valence-corrected chi connectivity index (χ1v) is 16.8. The number of amides is 3. The highest BCUT2D eigenvalue weighted by atomic mass is 16.6. The van der Waals surface area contributed by atoms with Gasteiger partial charge in [0.05, 0.1) is 0 Å². The fourth-order valence-corrected chi connectivity index (χ4v) is 6.49. The molecule has 2 aromatic rings. The number of aryl methyl sites for hydroxylation is 1. The van der Waals surface area contributed by atoms with E-state index in [9.17, 15) is 19.2 Å². The first-order valence-electron chi connectivity index (χ1n) is 16.8. The van der Waals surface area contributed by atoms with Crippen LogP contribution in [-0.4, -0.2) is 88.1 Å². The van der Waals surface area contributed by atoms with Crippen molar-refractivity contribution < 1.29 is 23.9 Å². The van der Waals surface area contributed by atoms with Crippen molar-refractivity contribution in [2.75, 3.05) is 38.5 Å². The minimum absolute atomic E-state index is 0.0669. The van der Waals surface area contributed by atoms with Gasteiger partial charge in [-0.05, 0) is 77.3 Å². The van der Waals surface area contributed by atoms with Gasteiger partial charge in [-0.1, -0.05) is 38.3 Å². The van der Waals surface area contributed by atoms with Gasteiger partial charge in [0.2, 0.25) is 11.8 Å². The Kier molecular flexibility index (Phi) is 12.0. The lowest BCUT2D eigenvalue weighted by Gasteiger charge is -2.36. The number of nitrogens with zero attached hydrogens (tertiary/aromatic N) is 4. The van der Waals surface area contributed by atoms with Crippen LogP contribution in [0.2, 0.25) is 0 Å². The smallest absolute Gasteiger partial charge is 0.408 e. The second-order valence-corrected chi connectivity index (χ2v) is 13.8. The number of Topliss-reactive ketones (excluding diaryl/α,β-unsaturated/α-hetero) is 1. The molecule has 2 aliphatic rings. The lowest BCUT2D eigenvalue weighted by Crippen LogP contribution is -2.56. The summed E-state index contributed by atoms with van der Waals surface area (Å²) in [5.74, 6) is -1.01. The normalized spacial score (nSPS) is 18.3. The van der Waals surface area contributed by atoms with Crippen LogP contribution in [0, 0.1) is 11.8 Å². The molecule has 1 saturated carbocycles. The Morgan fingerprint density at radius 2 is 1.63 bits per heavy atom. The van der Waals surface area contributed by atoms with Gasteiger partial charge in [-0.15, -0.1) is 0 Å². The van der Waals surface area contributed by atoms with Gasteiger partial charge in [-0.2, -0.15) is 5.10 Å². The van der Waals surface area contributed by atoms with Crippen LogP contribution < -0.4 is 10.6 Å². The highest BCUT2D eigenvalue weighted by Gasteiger charge is 2.35. The summed E-state index contributed by atoms with van der Waals surface area (Å²) in [5, 5.41) is 10.1. The minimum Gasteiger partial charge on any atom is -0.444 e. The number of likely N-dealkylation sites (N-methyl/N-ethyl adjacent to an activating group) is 1. The number of anilines is 1. The number of carbonyl (C=O) groups is 4. The summed E-state index contributed by atoms with van der Waals surface area (Å²) in [7, 11) is 2.03. The molecule has 2 N–H and O–H groups in total. The Morgan fingerprint density at radius 1 is 0.978 bits per heavy atom. The molecule has 0 spiro atoms. The molecule has 11 heteroatoms. The Labute approximate surface area is 273 Å². The minimum atomic E-state index is -0.822. The van der Waals surface area contributed by atoms with Crippen LogP contribution >= 0.6 is 0 Å². The number of hydrogen-bond donors (Lipinski definition) is 2. The summed E-state index contributed by atoms with van der Waals surface area (Å²) in [5.41, 5.74) is 1.30. The summed E-state index contributed by atoms with van der Waals surface area (Å²) in [4.78, 5) is 57.5. The standard InChI is InChI=1S/C35H52N6O5/c1-7-41-29(17-18-36-41)30(42)23-28(26-11-9-8-10-12-26)32(43)37-27-15-13-25(14-16-27)24(2)31(38-34(45)46-35(3,4)5)33(44)40-21-19-39(6)20-22-40/h13-18,24,26,28,31H,7-12,19-23H2,1-6H3,(H,37,43)(H,38,45)/t24-,28-,31+/m0/s1. The largest absolute Gasteiger partial charge is 0.444 e. The Balaban J connectivity index is 1.48. The van der Waals surface area contributed by atoms with Crippen LogP contribution in [-0.2, 0) is 20.9 Å². The van der Waals surface area contributed by atoms with Crippen molar-refractivity contribution in [3.05, 3.63) is 47.8 Å². The third-order valence-corrected chi connectivity index (χ3v) is 9.22. The lowest BCUT2D eigenvalue weighted by atomic mass is 9.77. The van der Waals surface area contributed by atoms with Crippen molar-refractivity contribution in [3.63, 3.8) is 0 Å². The molecule has 2 heterocycles. The van der Waals surface area contributed by atoms with Gasteiger partial charge in [0.1, 0.15) is 17.3 Å². The van der Waals surface area contributed by atoms with Gasteiger partial charge in [0.15, 0.2) is 5.78 Å². The molecule has 1 aliphatic heterocycles. The van der Waals surface area contributed by atoms with Crippen LogP contribution in [0.25, 0.3) is 0 Å². The van der Waals surface area contributed by atoms with E-state index < -0.39 is 23.7 Å². The number of rotatable bonds is 11. The predicted octanol–water partition coefficient (Wildman–Crippen LogP) is 5.08. The van der Waals surface area contributed by atoms with Gasteiger partial charge in [0, 0.05) is 62.9 Å². The van der Waals surface area contributed by atoms with Gasteiger partial charge in [0.25, 0.3) is 0 Å². The number of nitrogens with one attached hydrogen (secondary N) is 2. The summed E-state index contributed by atoms with van der Waals surface area (Å²) in [6.07, 6.45) is 6.28. The van der Waals surface area contributed by atoms with E-state index in [4.69, 9.17) is 4.74 Å². The Hall–Kier alpha value is -3.73. The van der Waals surface area contributed by atoms with E-state index in [1.54, 1.807) is 42.6 Å². The van der Waals surface area contributed by atoms with E-state index in [0.29, 0.717) is 31.0 Å². The third kappa shape index (κ3) is 9.40. The number of piperazine rings is 1. The molecule has 1 aromatic heterocycles. The molecule has 1 aliphatic carbocycles. The molecule has 2 fully saturated rings. The molecule has 0 bridgehead atoms. The number of ketones is 1. The summed E-state index contributed by atoms with van der Waals surface area (Å²) in [6, 6.07) is 8.29. The number of benzene rings is 1. The first-order chi connectivity index (χ1) is 21.9. The third-order valence-electron chi connectivity index (χ3n) is 9.22. The van der Waals surface area contributed by atoms with Gasteiger partial charge >= 0.3 is 6.09 Å². The average Bonchev–Trinajstić information content (AvgIpc) is 3.51. The zero-order valence-electron chi connectivity index (χ0n) is 28.4. The SMILES string of the molecule is CCn1nccc1C(=O)C[C@H](C(=O)Nc1ccc([C@H](C)[C@@H](NC(=O)OC(C)(C)C)C(=O)N2CCN(C)CC2)cc1)C1CCCCC1. The highest BCUT2D eigenvalue weighted by molar-refractivity contribution is 6.00. The van der Waals surface area contributed by atoms with Crippen molar-refractivity contribution in [1.29, 1.82) is 0 Å². The number of carbonyl (C=O) groups excluding carboxylic acids is 4. The number of alkyl carbamates (subject to hydrolysis) is 1. The van der Waals surface area contributed by atoms with Crippen LogP contribution in [0.15, 0.2) is 36.5 Å². The molecule has 0 unspecified atom stereocenters. The van der Waals surface area contributed by atoms with Gasteiger partial charge < -0.3 is 25.2 Å². The second kappa shape index (κ2) is 15.7. The molecular weight excluding hydrogens is 584 g/mol. The van der Waals surface area contributed by atoms with E-state index in [1.165, 1.54) is 0 Å². The second-order valence-electron chi connectivity index (χ2n) is 13.8. The van der Waals surface area contributed by atoms with Crippen molar-refractivity contribution in [1.82, 2.24) is 24.9 Å². The number of hydrogen-bond acceptors (Lipinski definition) is 7. The number of aromatic nitrogens is 2. The predicted molar refractivity (Wildman–Crippen MR) is 178 cm³/mol. The van der Waals surface area contributed by atoms with E-state index in [1.807, 2.05) is 45.2 Å². The molecule has 1 aromatic carbocycles. The average molecular weight is 637 g/mol. The number of ether oxygens (including phenoxy) is 1. The van der Waals surface area contributed by atoms with E-state index in [-0.39, 0.29) is 35.9 Å². The van der Waals surface area contributed by atoms with Crippen LogP contribution in [0.5, 0.6) is 0 Å². The van der Waals surface area contributed by atoms with Crippen molar-refractivity contribution >= 4 is 29.4 Å². The molecule has 46 heavy (non-hydrogen) atoms. The summed E-state index contributed by atoms with van der Waals surface area (Å²) in [6.45, 7) is 12.5. The highest BCUT2D eigenvalue weighted by Crippen LogP contribution is 2.34.